The minimum Gasteiger partial charge on any atom is -0.477 e. The van der Waals surface area contributed by atoms with Crippen molar-refractivity contribution in [3.63, 3.8) is 0 Å². The maximum atomic E-state index is 13.8. The molecule has 0 aliphatic rings. The molecule has 1 aromatic heterocycles. The van der Waals surface area contributed by atoms with E-state index in [4.69, 9.17) is 0 Å². The quantitative estimate of drug-likeness (QED) is 0.501. The normalized spacial score (nSPS) is 12.2. The lowest BCUT2D eigenvalue weighted by Gasteiger charge is -2.15. The largest absolute Gasteiger partial charge is 0.477 e. The highest BCUT2D eigenvalue weighted by Gasteiger charge is 2.41. The van der Waals surface area contributed by atoms with Crippen LogP contribution in [-0.2, 0) is 18.9 Å². The zero-order chi connectivity index (χ0) is 22.3. The number of hydrogen-bond acceptors (Lipinski definition) is 1. The van der Waals surface area contributed by atoms with Crippen LogP contribution in [0.5, 0.6) is 0 Å². The van der Waals surface area contributed by atoms with E-state index in [0.29, 0.717) is 22.3 Å². The number of hydrogen-bond donors (Lipinski definition) is 1. The molecular weight excluding hydrogens is 412 g/mol. The molecule has 0 saturated carbocycles. The van der Waals surface area contributed by atoms with Crippen molar-refractivity contribution in [2.75, 3.05) is 0 Å². The molecule has 0 radical (unpaired) electrons. The van der Waals surface area contributed by atoms with E-state index in [9.17, 15) is 36.2 Å². The number of carboxylic acids is 1. The Balaban J connectivity index is 2.27. The molecule has 158 valence electrons. The summed E-state index contributed by atoms with van der Waals surface area (Å²) in [7, 11) is 0. The van der Waals surface area contributed by atoms with Crippen LogP contribution in [0.15, 0.2) is 54.6 Å². The fourth-order valence-electron chi connectivity index (χ4n) is 3.44. The second kappa shape index (κ2) is 7.55. The van der Waals surface area contributed by atoms with Gasteiger partial charge in [0.25, 0.3) is 0 Å². The van der Waals surface area contributed by atoms with Crippen LogP contribution in [0, 0.1) is 6.92 Å². The Kier molecular flexibility index (Phi) is 5.40. The third kappa shape index (κ3) is 4.05. The van der Waals surface area contributed by atoms with Gasteiger partial charge in [-0.25, -0.2) is 4.79 Å². The molecule has 0 spiro atoms. The highest BCUT2D eigenvalue weighted by Crippen LogP contribution is 2.42. The molecule has 2 aromatic carbocycles. The average Bonchev–Trinajstić information content (AvgIpc) is 2.94. The van der Waals surface area contributed by atoms with Crippen LogP contribution in [-0.4, -0.2) is 15.6 Å². The van der Waals surface area contributed by atoms with E-state index in [2.05, 4.69) is 0 Å². The molecular formula is C21H15F6NO2. The van der Waals surface area contributed by atoms with E-state index < -0.39 is 35.3 Å². The molecule has 30 heavy (non-hydrogen) atoms. The van der Waals surface area contributed by atoms with E-state index in [0.717, 1.165) is 19.1 Å². The molecule has 1 N–H and O–H groups in total. The topological polar surface area (TPSA) is 42.2 Å². The summed E-state index contributed by atoms with van der Waals surface area (Å²) in [5.74, 6) is -1.61. The molecule has 0 unspecified atom stereocenters. The minimum atomic E-state index is -4.87. The maximum absolute atomic E-state index is 13.8. The lowest BCUT2D eigenvalue weighted by atomic mass is 9.99. The minimum absolute atomic E-state index is 0.0461. The van der Waals surface area contributed by atoms with Crippen molar-refractivity contribution in [2.45, 2.75) is 25.8 Å². The number of benzene rings is 2. The van der Waals surface area contributed by atoms with Crippen molar-refractivity contribution in [1.82, 2.24) is 4.57 Å². The number of halogens is 6. The van der Waals surface area contributed by atoms with Crippen molar-refractivity contribution in [1.29, 1.82) is 0 Å². The average molecular weight is 427 g/mol. The van der Waals surface area contributed by atoms with E-state index >= 15 is 0 Å². The van der Waals surface area contributed by atoms with Gasteiger partial charge < -0.3 is 9.67 Å². The Bertz CT molecular complexity index is 1060. The van der Waals surface area contributed by atoms with E-state index in [1.54, 1.807) is 30.3 Å². The van der Waals surface area contributed by atoms with Gasteiger partial charge in [0.15, 0.2) is 0 Å². The van der Waals surface area contributed by atoms with Gasteiger partial charge in [-0.1, -0.05) is 42.5 Å². The summed E-state index contributed by atoms with van der Waals surface area (Å²) in [5.41, 5.74) is -3.01. The molecule has 0 saturated heterocycles. The molecule has 0 fully saturated rings. The van der Waals surface area contributed by atoms with E-state index in [1.807, 2.05) is 0 Å². The number of alkyl halides is 6. The van der Waals surface area contributed by atoms with Gasteiger partial charge in [-0.3, -0.25) is 0 Å². The monoisotopic (exact) mass is 427 g/mol. The Morgan fingerprint density at radius 3 is 1.93 bits per heavy atom. The molecule has 0 amide bonds. The second-order valence-corrected chi connectivity index (χ2v) is 6.65. The van der Waals surface area contributed by atoms with Crippen LogP contribution in [0.1, 0.15) is 32.9 Å². The number of nitrogens with zero attached hydrogens (tertiary/aromatic N) is 1. The summed E-state index contributed by atoms with van der Waals surface area (Å²) >= 11 is 0. The summed E-state index contributed by atoms with van der Waals surface area (Å²) in [6.07, 6.45) is -9.49. The van der Waals surface area contributed by atoms with Gasteiger partial charge in [0.2, 0.25) is 0 Å². The lowest BCUT2D eigenvalue weighted by molar-refractivity contribution is -0.143. The fraction of sp³-hybridized carbons (Fsp3) is 0.190. The van der Waals surface area contributed by atoms with Crippen molar-refractivity contribution >= 4 is 5.97 Å². The van der Waals surface area contributed by atoms with Gasteiger partial charge in [0.05, 0.1) is 5.56 Å². The van der Waals surface area contributed by atoms with Crippen LogP contribution in [0.4, 0.5) is 26.3 Å². The summed E-state index contributed by atoms with van der Waals surface area (Å²) in [6.45, 7) is 0.753. The molecule has 0 atom stereocenters. The first kappa shape index (κ1) is 21.5. The Labute approximate surface area is 167 Å². The van der Waals surface area contributed by atoms with Crippen molar-refractivity contribution in [3.8, 4) is 11.1 Å². The van der Waals surface area contributed by atoms with Crippen LogP contribution < -0.4 is 0 Å². The highest BCUT2D eigenvalue weighted by molar-refractivity contribution is 5.96. The molecule has 3 aromatic rings. The van der Waals surface area contributed by atoms with Gasteiger partial charge in [-0.05, 0) is 35.7 Å². The molecule has 1 heterocycles. The Morgan fingerprint density at radius 2 is 1.47 bits per heavy atom. The van der Waals surface area contributed by atoms with Crippen LogP contribution in [0.25, 0.3) is 11.1 Å². The van der Waals surface area contributed by atoms with Gasteiger partial charge in [-0.2, -0.15) is 26.3 Å². The Morgan fingerprint density at radius 1 is 0.900 bits per heavy atom. The number of carbonyl (C=O) groups is 1. The van der Waals surface area contributed by atoms with Crippen molar-refractivity contribution < 1.29 is 36.2 Å². The van der Waals surface area contributed by atoms with E-state index in [-0.39, 0.29) is 23.2 Å². The molecule has 0 aliphatic carbocycles. The van der Waals surface area contributed by atoms with E-state index in [1.165, 1.54) is 0 Å². The number of carboxylic acid groups (broad SMARTS) is 1. The summed E-state index contributed by atoms with van der Waals surface area (Å²) in [5, 5.41) is 9.70. The zero-order valence-electron chi connectivity index (χ0n) is 15.5. The molecule has 9 heteroatoms. The third-order valence-corrected chi connectivity index (χ3v) is 4.66. The SMILES string of the molecule is Cc1c(-c2ccc(C(F)(F)F)cc2)c(C(=O)O)n(Cc2ccccc2)c1C(F)(F)F. The maximum Gasteiger partial charge on any atom is 0.431 e. The van der Waals surface area contributed by atoms with Gasteiger partial charge in [0.1, 0.15) is 11.4 Å². The molecule has 3 rings (SSSR count). The molecule has 0 aliphatic heterocycles. The first-order valence-corrected chi connectivity index (χ1v) is 8.66. The lowest BCUT2D eigenvalue weighted by Crippen LogP contribution is -2.19. The van der Waals surface area contributed by atoms with Crippen molar-refractivity contribution in [2.24, 2.45) is 0 Å². The predicted molar refractivity (Wildman–Crippen MR) is 97.1 cm³/mol. The first-order chi connectivity index (χ1) is 13.9. The van der Waals surface area contributed by atoms with Gasteiger partial charge in [-0.15, -0.1) is 0 Å². The Hall–Kier alpha value is -3.23. The summed E-state index contributed by atoms with van der Waals surface area (Å²) < 4.78 is 80.7. The summed E-state index contributed by atoms with van der Waals surface area (Å²) in [6, 6.07) is 11.4. The second-order valence-electron chi connectivity index (χ2n) is 6.65. The molecule has 3 nitrogen and oxygen atoms in total. The first-order valence-electron chi connectivity index (χ1n) is 8.66. The van der Waals surface area contributed by atoms with Crippen molar-refractivity contribution in [3.05, 3.63) is 82.7 Å². The van der Waals surface area contributed by atoms with Crippen LogP contribution >= 0.6 is 0 Å². The highest BCUT2D eigenvalue weighted by atomic mass is 19.4. The molecule has 0 bridgehead atoms. The standard InChI is InChI=1S/C21H15F6NO2/c1-12-16(14-7-9-15(10-8-14)20(22,23)24)17(19(29)30)28(18(12)21(25,26)27)11-13-5-3-2-4-6-13/h2-10H,11H2,1H3,(H,29,30). The number of rotatable bonds is 4. The number of aromatic carboxylic acids is 1. The third-order valence-electron chi connectivity index (χ3n) is 4.66. The van der Waals surface area contributed by atoms with Crippen LogP contribution in [0.3, 0.4) is 0 Å². The van der Waals surface area contributed by atoms with Gasteiger partial charge in [0, 0.05) is 12.1 Å². The number of aromatic nitrogens is 1. The predicted octanol–water partition coefficient (Wildman–Crippen LogP) is 6.25. The zero-order valence-corrected chi connectivity index (χ0v) is 15.5. The smallest absolute Gasteiger partial charge is 0.431 e. The fourth-order valence-corrected chi connectivity index (χ4v) is 3.44. The van der Waals surface area contributed by atoms with Crippen LogP contribution in [0.2, 0.25) is 0 Å². The van der Waals surface area contributed by atoms with Gasteiger partial charge >= 0.3 is 18.3 Å². The summed E-state index contributed by atoms with van der Waals surface area (Å²) in [4.78, 5) is 12.0.